The van der Waals surface area contributed by atoms with Gasteiger partial charge in [-0.25, -0.2) is 0 Å². The number of likely N-dealkylation sites (tertiary alicyclic amines) is 1. The van der Waals surface area contributed by atoms with Crippen LogP contribution in [0, 0.1) is 5.92 Å². The number of rotatable bonds is 1. The van der Waals surface area contributed by atoms with E-state index in [4.69, 9.17) is 23.2 Å². The van der Waals surface area contributed by atoms with E-state index >= 15 is 0 Å². The fraction of sp³-hybridized carbons (Fsp3) is 0.583. The molecule has 18 heavy (non-hydrogen) atoms. The molecule has 3 rings (SSSR count). The van der Waals surface area contributed by atoms with Gasteiger partial charge >= 0.3 is 0 Å². The van der Waals surface area contributed by atoms with Crippen molar-refractivity contribution in [3.63, 3.8) is 0 Å². The minimum atomic E-state index is 0.0292. The summed E-state index contributed by atoms with van der Waals surface area (Å²) in [4.78, 5) is 14.5. The summed E-state index contributed by atoms with van der Waals surface area (Å²) in [5.41, 5.74) is 0.555. The molecule has 98 valence electrons. The van der Waals surface area contributed by atoms with Crippen molar-refractivity contribution in [1.29, 1.82) is 0 Å². The second kappa shape index (κ2) is 5.00. The van der Waals surface area contributed by atoms with Gasteiger partial charge in [0.15, 0.2) is 0 Å². The lowest BCUT2D eigenvalue weighted by molar-refractivity contribution is 0.0575. The van der Waals surface area contributed by atoms with Crippen molar-refractivity contribution in [2.24, 2.45) is 5.92 Å². The number of hydrogen-bond donors (Lipinski definition) is 1. The molecule has 1 aromatic heterocycles. The Labute approximate surface area is 120 Å². The van der Waals surface area contributed by atoms with Gasteiger partial charge in [0.1, 0.15) is 4.34 Å². The second-order valence-corrected chi connectivity index (χ2v) is 7.15. The summed E-state index contributed by atoms with van der Waals surface area (Å²) in [6.45, 7) is 2.74. The number of halogens is 2. The largest absolute Gasteiger partial charge is 0.334 e. The number of hydrogen-bond acceptors (Lipinski definition) is 3. The molecule has 0 spiro atoms. The van der Waals surface area contributed by atoms with Crippen LogP contribution in [0.25, 0.3) is 0 Å². The Morgan fingerprint density at radius 1 is 1.44 bits per heavy atom. The molecular formula is C12H14Cl2N2OS. The first-order valence-electron chi connectivity index (χ1n) is 6.13. The van der Waals surface area contributed by atoms with Crippen LogP contribution in [0.4, 0.5) is 0 Å². The van der Waals surface area contributed by atoms with E-state index in [1.54, 1.807) is 6.07 Å². The first-order valence-corrected chi connectivity index (χ1v) is 7.70. The molecule has 0 aromatic carbocycles. The Morgan fingerprint density at radius 2 is 2.28 bits per heavy atom. The molecule has 2 aliphatic heterocycles. The molecule has 2 fully saturated rings. The highest BCUT2D eigenvalue weighted by Crippen LogP contribution is 2.34. The predicted molar refractivity (Wildman–Crippen MR) is 74.8 cm³/mol. The van der Waals surface area contributed by atoms with Gasteiger partial charge in [0, 0.05) is 25.7 Å². The highest BCUT2D eigenvalue weighted by atomic mass is 35.5. The van der Waals surface area contributed by atoms with Gasteiger partial charge in [-0.15, -0.1) is 11.3 Å². The summed E-state index contributed by atoms with van der Waals surface area (Å²) in [6, 6.07) is 2.00. The predicted octanol–water partition coefficient (Wildman–Crippen LogP) is 2.88. The maximum absolute atomic E-state index is 12.5. The summed E-state index contributed by atoms with van der Waals surface area (Å²) in [5, 5.41) is 3.37. The Balaban J connectivity index is 1.85. The van der Waals surface area contributed by atoms with Crippen molar-refractivity contribution in [2.45, 2.75) is 18.9 Å². The Kier molecular flexibility index (Phi) is 3.54. The van der Waals surface area contributed by atoms with Gasteiger partial charge in [-0.2, -0.15) is 0 Å². The summed E-state index contributed by atoms with van der Waals surface area (Å²) < 4.78 is 1.07. The molecule has 3 heterocycles. The maximum Gasteiger partial charge on any atom is 0.256 e. The molecule has 6 heteroatoms. The van der Waals surface area contributed by atoms with Crippen LogP contribution >= 0.6 is 34.5 Å². The van der Waals surface area contributed by atoms with Crippen LogP contribution in [0.2, 0.25) is 8.67 Å². The number of carbonyl (C=O) groups excluding carboxylic acids is 1. The fourth-order valence-corrected chi connectivity index (χ4v) is 4.41. The topological polar surface area (TPSA) is 32.3 Å². The highest BCUT2D eigenvalue weighted by Gasteiger charge is 2.38. The third kappa shape index (κ3) is 2.16. The molecule has 2 saturated heterocycles. The van der Waals surface area contributed by atoms with Crippen LogP contribution in [0.1, 0.15) is 23.2 Å². The van der Waals surface area contributed by atoms with E-state index in [-0.39, 0.29) is 5.91 Å². The lowest BCUT2D eigenvalue weighted by atomic mass is 9.91. The first-order chi connectivity index (χ1) is 8.66. The standard InChI is InChI=1S/C12H14Cl2N2OS/c13-10-4-8(11(14)18-10)12(17)16-3-1-2-7-5-15-6-9(7)16/h4,7,9,15H,1-3,5-6H2. The molecule has 0 aliphatic carbocycles. The van der Waals surface area contributed by atoms with Gasteiger partial charge in [0.2, 0.25) is 0 Å². The third-order valence-corrected chi connectivity index (χ3v) is 5.31. The second-order valence-electron chi connectivity index (χ2n) is 4.86. The number of fused-ring (bicyclic) bond motifs is 1. The van der Waals surface area contributed by atoms with Crippen LogP contribution in [-0.2, 0) is 0 Å². The average Bonchev–Trinajstić information content (AvgIpc) is 2.94. The Bertz CT molecular complexity index is 477. The van der Waals surface area contributed by atoms with E-state index in [0.29, 0.717) is 26.2 Å². The Hall–Kier alpha value is -0.290. The van der Waals surface area contributed by atoms with Gasteiger partial charge in [-0.1, -0.05) is 23.2 Å². The van der Waals surface area contributed by atoms with Crippen molar-refractivity contribution in [3.8, 4) is 0 Å². The fourth-order valence-electron chi connectivity index (χ4n) is 2.96. The van der Waals surface area contributed by atoms with Gasteiger partial charge < -0.3 is 10.2 Å². The van der Waals surface area contributed by atoms with Crippen LogP contribution in [0.15, 0.2) is 6.07 Å². The number of nitrogens with zero attached hydrogens (tertiary/aromatic N) is 1. The smallest absolute Gasteiger partial charge is 0.256 e. The molecule has 0 bridgehead atoms. The lowest BCUT2D eigenvalue weighted by Crippen LogP contribution is -2.48. The molecule has 2 aliphatic rings. The zero-order valence-corrected chi connectivity index (χ0v) is 12.1. The lowest BCUT2D eigenvalue weighted by Gasteiger charge is -2.37. The molecule has 0 saturated carbocycles. The van der Waals surface area contributed by atoms with Crippen LogP contribution in [0.5, 0.6) is 0 Å². The number of amides is 1. The summed E-state index contributed by atoms with van der Waals surface area (Å²) >= 11 is 13.2. The quantitative estimate of drug-likeness (QED) is 0.865. The van der Waals surface area contributed by atoms with Gasteiger partial charge in [0.05, 0.1) is 9.90 Å². The summed E-state index contributed by atoms with van der Waals surface area (Å²) in [5.74, 6) is 0.622. The molecule has 3 nitrogen and oxygen atoms in total. The minimum Gasteiger partial charge on any atom is -0.334 e. The van der Waals surface area contributed by atoms with Crippen molar-refractivity contribution in [3.05, 3.63) is 20.3 Å². The van der Waals surface area contributed by atoms with E-state index in [1.807, 2.05) is 4.90 Å². The molecular weight excluding hydrogens is 291 g/mol. The maximum atomic E-state index is 12.5. The van der Waals surface area contributed by atoms with E-state index in [1.165, 1.54) is 17.8 Å². The zero-order valence-electron chi connectivity index (χ0n) is 9.79. The number of carbonyl (C=O) groups is 1. The minimum absolute atomic E-state index is 0.0292. The van der Waals surface area contributed by atoms with E-state index in [0.717, 1.165) is 26.1 Å². The molecule has 1 aromatic rings. The van der Waals surface area contributed by atoms with Gasteiger partial charge in [-0.3, -0.25) is 4.79 Å². The summed E-state index contributed by atoms with van der Waals surface area (Å²) in [7, 11) is 0. The number of piperidine rings is 1. The third-order valence-electron chi connectivity index (χ3n) is 3.83. The van der Waals surface area contributed by atoms with Crippen LogP contribution in [-0.4, -0.2) is 36.5 Å². The van der Waals surface area contributed by atoms with Crippen LogP contribution < -0.4 is 5.32 Å². The highest BCUT2D eigenvalue weighted by molar-refractivity contribution is 7.20. The van der Waals surface area contributed by atoms with Crippen molar-refractivity contribution in [2.75, 3.05) is 19.6 Å². The average molecular weight is 305 g/mol. The van der Waals surface area contributed by atoms with Crippen molar-refractivity contribution >= 4 is 40.4 Å². The van der Waals surface area contributed by atoms with E-state index < -0.39 is 0 Å². The number of thiophene rings is 1. The van der Waals surface area contributed by atoms with Crippen molar-refractivity contribution in [1.82, 2.24) is 10.2 Å². The first kappa shape index (κ1) is 12.7. The Morgan fingerprint density at radius 3 is 3.00 bits per heavy atom. The monoisotopic (exact) mass is 304 g/mol. The zero-order chi connectivity index (χ0) is 12.7. The molecule has 0 radical (unpaired) electrons. The van der Waals surface area contributed by atoms with Gasteiger partial charge in [-0.05, 0) is 24.8 Å². The van der Waals surface area contributed by atoms with Crippen molar-refractivity contribution < 1.29 is 4.79 Å². The summed E-state index contributed by atoms with van der Waals surface area (Å²) in [6.07, 6.45) is 2.28. The molecule has 1 amide bonds. The van der Waals surface area contributed by atoms with Crippen LogP contribution in [0.3, 0.4) is 0 Å². The SMILES string of the molecule is O=C(c1cc(Cl)sc1Cl)N1CCCC2CNCC21. The molecule has 2 unspecified atom stereocenters. The normalized spacial score (nSPS) is 27.3. The number of nitrogens with one attached hydrogen (secondary N) is 1. The molecule has 1 N–H and O–H groups in total. The molecule has 2 atom stereocenters. The van der Waals surface area contributed by atoms with Gasteiger partial charge in [0.25, 0.3) is 5.91 Å². The van der Waals surface area contributed by atoms with E-state index in [2.05, 4.69) is 5.32 Å². The van der Waals surface area contributed by atoms with E-state index in [9.17, 15) is 4.79 Å².